The predicted molar refractivity (Wildman–Crippen MR) is 36.9 cm³/mol. The van der Waals surface area contributed by atoms with Crippen LogP contribution in [0.4, 0.5) is 0 Å². The summed E-state index contributed by atoms with van der Waals surface area (Å²) in [4.78, 5) is 5.00. The summed E-state index contributed by atoms with van der Waals surface area (Å²) in [6.07, 6.45) is 0. The van der Waals surface area contributed by atoms with E-state index in [1.54, 1.807) is 7.11 Å². The maximum Gasteiger partial charge on any atom is 0.0575 e. The standard InChI is InChI=1S/C7H15NO/c1-6(2)7-4-8(5-7)9-3/h6-7H,4-5H2,1-3H3. The van der Waals surface area contributed by atoms with Gasteiger partial charge in [-0.05, 0) is 11.8 Å². The molecule has 0 aliphatic carbocycles. The van der Waals surface area contributed by atoms with Gasteiger partial charge in [0.1, 0.15) is 0 Å². The van der Waals surface area contributed by atoms with Gasteiger partial charge in [-0.15, -0.1) is 0 Å². The smallest absolute Gasteiger partial charge is 0.0575 e. The Bertz CT molecular complexity index is 86.9. The van der Waals surface area contributed by atoms with Crippen molar-refractivity contribution >= 4 is 0 Å². The summed E-state index contributed by atoms with van der Waals surface area (Å²) in [6.45, 7) is 6.76. The van der Waals surface area contributed by atoms with Crippen LogP contribution in [-0.4, -0.2) is 25.3 Å². The highest BCUT2D eigenvalue weighted by molar-refractivity contribution is 4.76. The summed E-state index contributed by atoms with van der Waals surface area (Å²) in [5.41, 5.74) is 0. The molecule has 0 aromatic carbocycles. The Labute approximate surface area is 56.8 Å². The molecule has 0 unspecified atom stereocenters. The zero-order chi connectivity index (χ0) is 6.85. The summed E-state index contributed by atoms with van der Waals surface area (Å²) in [5.74, 6) is 1.68. The van der Waals surface area contributed by atoms with Gasteiger partial charge in [-0.3, -0.25) is 0 Å². The molecule has 1 aliphatic heterocycles. The third-order valence-corrected chi connectivity index (χ3v) is 2.08. The third kappa shape index (κ3) is 1.43. The lowest BCUT2D eigenvalue weighted by molar-refractivity contribution is -0.204. The number of hydrogen-bond donors (Lipinski definition) is 0. The van der Waals surface area contributed by atoms with E-state index < -0.39 is 0 Å². The molecule has 0 bridgehead atoms. The second-order valence-electron chi connectivity index (χ2n) is 3.03. The van der Waals surface area contributed by atoms with Crippen molar-refractivity contribution in [1.82, 2.24) is 5.06 Å². The molecular weight excluding hydrogens is 114 g/mol. The normalized spacial score (nSPS) is 22.7. The van der Waals surface area contributed by atoms with E-state index >= 15 is 0 Å². The molecule has 0 aromatic rings. The minimum atomic E-state index is 0.816. The lowest BCUT2D eigenvalue weighted by Gasteiger charge is -2.39. The van der Waals surface area contributed by atoms with Crippen molar-refractivity contribution in [1.29, 1.82) is 0 Å². The quantitative estimate of drug-likeness (QED) is 0.554. The lowest BCUT2D eigenvalue weighted by Crippen LogP contribution is -2.47. The summed E-state index contributed by atoms with van der Waals surface area (Å²) in [7, 11) is 1.73. The molecule has 0 atom stereocenters. The zero-order valence-electron chi connectivity index (χ0n) is 6.42. The van der Waals surface area contributed by atoms with Crippen LogP contribution in [0.15, 0.2) is 0 Å². The molecule has 0 spiro atoms. The van der Waals surface area contributed by atoms with Crippen LogP contribution in [0.3, 0.4) is 0 Å². The number of rotatable bonds is 2. The second kappa shape index (κ2) is 2.67. The molecule has 2 heteroatoms. The fourth-order valence-corrected chi connectivity index (χ4v) is 1.04. The number of hydrogen-bond acceptors (Lipinski definition) is 2. The molecule has 0 N–H and O–H groups in total. The van der Waals surface area contributed by atoms with Crippen LogP contribution in [0.25, 0.3) is 0 Å². The van der Waals surface area contributed by atoms with Gasteiger partial charge in [0.2, 0.25) is 0 Å². The van der Waals surface area contributed by atoms with E-state index in [1.165, 1.54) is 0 Å². The fourth-order valence-electron chi connectivity index (χ4n) is 1.04. The topological polar surface area (TPSA) is 12.5 Å². The highest BCUT2D eigenvalue weighted by atomic mass is 16.7. The Hall–Kier alpha value is -0.0800. The van der Waals surface area contributed by atoms with Gasteiger partial charge in [0.25, 0.3) is 0 Å². The highest BCUT2D eigenvalue weighted by Crippen LogP contribution is 2.22. The van der Waals surface area contributed by atoms with Crippen molar-refractivity contribution in [2.24, 2.45) is 11.8 Å². The van der Waals surface area contributed by atoms with Gasteiger partial charge in [0.05, 0.1) is 7.11 Å². The van der Waals surface area contributed by atoms with Crippen molar-refractivity contribution in [2.75, 3.05) is 20.2 Å². The minimum absolute atomic E-state index is 0.816. The summed E-state index contributed by atoms with van der Waals surface area (Å²) < 4.78 is 0. The maximum absolute atomic E-state index is 5.00. The fraction of sp³-hybridized carbons (Fsp3) is 1.00. The van der Waals surface area contributed by atoms with Crippen molar-refractivity contribution in [3.05, 3.63) is 0 Å². The van der Waals surface area contributed by atoms with Gasteiger partial charge in [-0.25, -0.2) is 0 Å². The second-order valence-corrected chi connectivity index (χ2v) is 3.03. The maximum atomic E-state index is 5.00. The monoisotopic (exact) mass is 129 g/mol. The number of hydroxylamine groups is 2. The first-order valence-corrected chi connectivity index (χ1v) is 3.53. The molecule has 1 heterocycles. The first-order chi connectivity index (χ1) is 4.24. The Kier molecular flexibility index (Phi) is 2.09. The zero-order valence-corrected chi connectivity index (χ0v) is 6.42. The van der Waals surface area contributed by atoms with E-state index in [0.29, 0.717) is 0 Å². The van der Waals surface area contributed by atoms with Crippen LogP contribution in [0.2, 0.25) is 0 Å². The minimum Gasteiger partial charge on any atom is -0.302 e. The summed E-state index contributed by atoms with van der Waals surface area (Å²) >= 11 is 0. The van der Waals surface area contributed by atoms with E-state index in [0.717, 1.165) is 24.9 Å². The van der Waals surface area contributed by atoms with Crippen LogP contribution in [-0.2, 0) is 4.84 Å². The average Bonchev–Trinajstić information content (AvgIpc) is 1.61. The van der Waals surface area contributed by atoms with Crippen LogP contribution in [0.1, 0.15) is 13.8 Å². The molecule has 0 saturated carbocycles. The van der Waals surface area contributed by atoms with Gasteiger partial charge >= 0.3 is 0 Å². The van der Waals surface area contributed by atoms with E-state index in [4.69, 9.17) is 4.84 Å². The molecular formula is C7H15NO. The first-order valence-electron chi connectivity index (χ1n) is 3.53. The molecule has 9 heavy (non-hydrogen) atoms. The summed E-state index contributed by atoms with van der Waals surface area (Å²) in [5, 5.41) is 1.99. The third-order valence-electron chi connectivity index (χ3n) is 2.08. The van der Waals surface area contributed by atoms with E-state index in [1.807, 2.05) is 5.06 Å². The lowest BCUT2D eigenvalue weighted by atomic mass is 9.90. The predicted octanol–water partition coefficient (Wildman–Crippen LogP) is 1.14. The van der Waals surface area contributed by atoms with Gasteiger partial charge in [0.15, 0.2) is 0 Å². The molecule has 0 aromatic heterocycles. The first kappa shape index (κ1) is 7.03. The molecule has 1 fully saturated rings. The molecule has 1 saturated heterocycles. The molecule has 2 nitrogen and oxygen atoms in total. The Morgan fingerprint density at radius 2 is 2.00 bits per heavy atom. The van der Waals surface area contributed by atoms with Gasteiger partial charge in [-0.2, -0.15) is 5.06 Å². The van der Waals surface area contributed by atoms with Gasteiger partial charge in [-0.1, -0.05) is 13.8 Å². The van der Waals surface area contributed by atoms with E-state index in [-0.39, 0.29) is 0 Å². The van der Waals surface area contributed by atoms with Gasteiger partial charge < -0.3 is 4.84 Å². The largest absolute Gasteiger partial charge is 0.302 e. The number of nitrogens with zero attached hydrogens (tertiary/aromatic N) is 1. The van der Waals surface area contributed by atoms with Crippen LogP contribution >= 0.6 is 0 Å². The molecule has 1 aliphatic rings. The van der Waals surface area contributed by atoms with Crippen LogP contribution in [0, 0.1) is 11.8 Å². The van der Waals surface area contributed by atoms with E-state index in [2.05, 4.69) is 13.8 Å². The molecule has 0 amide bonds. The molecule has 0 radical (unpaired) electrons. The molecule has 54 valence electrons. The van der Waals surface area contributed by atoms with E-state index in [9.17, 15) is 0 Å². The molecule has 1 rings (SSSR count). The Morgan fingerprint density at radius 3 is 2.33 bits per heavy atom. The van der Waals surface area contributed by atoms with Crippen LogP contribution in [0.5, 0.6) is 0 Å². The average molecular weight is 129 g/mol. The van der Waals surface area contributed by atoms with Gasteiger partial charge in [0, 0.05) is 13.1 Å². The SMILES string of the molecule is CON1CC(C(C)C)C1. The van der Waals surface area contributed by atoms with Crippen molar-refractivity contribution in [3.8, 4) is 0 Å². The van der Waals surface area contributed by atoms with Crippen molar-refractivity contribution < 1.29 is 4.84 Å². The van der Waals surface area contributed by atoms with Crippen LogP contribution < -0.4 is 0 Å². The van der Waals surface area contributed by atoms with Crippen molar-refractivity contribution in [3.63, 3.8) is 0 Å². The summed E-state index contributed by atoms with van der Waals surface area (Å²) in [6, 6.07) is 0. The Morgan fingerprint density at radius 1 is 1.44 bits per heavy atom. The highest BCUT2D eigenvalue weighted by Gasteiger charge is 2.28. The Balaban J connectivity index is 2.12. The van der Waals surface area contributed by atoms with Crippen molar-refractivity contribution in [2.45, 2.75) is 13.8 Å².